The lowest BCUT2D eigenvalue weighted by Crippen LogP contribution is -2.35. The number of unbranched alkanes of at least 4 members (excludes halogenated alkanes) is 1. The van der Waals surface area contributed by atoms with Gasteiger partial charge in [0.25, 0.3) is 5.69 Å². The Hall–Kier alpha value is -2.25. The number of carbonyl (C=O) groups is 1. The van der Waals surface area contributed by atoms with Gasteiger partial charge in [-0.05, 0) is 25.2 Å². The summed E-state index contributed by atoms with van der Waals surface area (Å²) in [5.41, 5.74) is -0.849. The number of benzene rings is 1. The zero-order chi connectivity index (χ0) is 18.4. The Labute approximate surface area is 144 Å². The van der Waals surface area contributed by atoms with Crippen LogP contribution in [0.15, 0.2) is 12.1 Å². The van der Waals surface area contributed by atoms with Crippen molar-refractivity contribution in [1.29, 1.82) is 0 Å². The molecule has 0 atom stereocenters. The summed E-state index contributed by atoms with van der Waals surface area (Å²) in [6.07, 6.45) is 3.32. The second-order valence-corrected chi connectivity index (χ2v) is 6.22. The molecule has 0 saturated carbocycles. The van der Waals surface area contributed by atoms with Crippen LogP contribution in [0.1, 0.15) is 39.0 Å². The molecule has 1 aromatic rings. The maximum Gasteiger partial charge on any atom is 0.306 e. The van der Waals surface area contributed by atoms with Gasteiger partial charge in [0.2, 0.25) is 0 Å². The summed E-state index contributed by atoms with van der Waals surface area (Å²) < 4.78 is 33.3. The van der Waals surface area contributed by atoms with Crippen molar-refractivity contribution in [2.45, 2.75) is 39.0 Å². The van der Waals surface area contributed by atoms with E-state index in [0.717, 1.165) is 25.0 Å². The van der Waals surface area contributed by atoms with Crippen molar-refractivity contribution in [3.63, 3.8) is 0 Å². The first kappa shape index (κ1) is 19.1. The summed E-state index contributed by atoms with van der Waals surface area (Å²) in [5.74, 6) is -2.00. The van der Waals surface area contributed by atoms with Gasteiger partial charge in [-0.1, -0.05) is 13.3 Å². The third-order valence-corrected chi connectivity index (χ3v) is 4.36. The van der Waals surface area contributed by atoms with E-state index in [9.17, 15) is 23.7 Å². The SMILES string of the molecule is CCCCOC(=O)CC1CCN(c2c(F)cc([N+](=O)[O-])cc2F)CC1. The average Bonchev–Trinajstić information content (AvgIpc) is 2.56. The fourth-order valence-corrected chi connectivity index (χ4v) is 2.95. The Balaban J connectivity index is 1.92. The topological polar surface area (TPSA) is 72.7 Å². The monoisotopic (exact) mass is 356 g/mol. The Morgan fingerprint density at radius 3 is 2.44 bits per heavy atom. The van der Waals surface area contributed by atoms with E-state index in [0.29, 0.717) is 39.0 Å². The number of esters is 1. The molecule has 1 heterocycles. The van der Waals surface area contributed by atoms with Gasteiger partial charge in [-0.3, -0.25) is 14.9 Å². The molecule has 0 N–H and O–H groups in total. The molecule has 6 nitrogen and oxygen atoms in total. The highest BCUT2D eigenvalue weighted by Gasteiger charge is 2.27. The maximum atomic E-state index is 14.1. The highest BCUT2D eigenvalue weighted by Crippen LogP contribution is 2.32. The second-order valence-electron chi connectivity index (χ2n) is 6.22. The molecule has 0 spiro atoms. The van der Waals surface area contributed by atoms with Gasteiger partial charge >= 0.3 is 5.97 Å². The van der Waals surface area contributed by atoms with Crippen LogP contribution >= 0.6 is 0 Å². The van der Waals surface area contributed by atoms with Gasteiger partial charge in [0.15, 0.2) is 11.6 Å². The number of hydrogen-bond donors (Lipinski definition) is 0. The lowest BCUT2D eigenvalue weighted by Gasteiger charge is -2.33. The molecule has 138 valence electrons. The first-order valence-electron chi connectivity index (χ1n) is 8.46. The van der Waals surface area contributed by atoms with E-state index in [4.69, 9.17) is 4.74 Å². The van der Waals surface area contributed by atoms with Crippen LogP contribution in [0.2, 0.25) is 0 Å². The number of nitro benzene ring substituents is 1. The van der Waals surface area contributed by atoms with Crippen molar-refractivity contribution in [2.24, 2.45) is 5.92 Å². The van der Waals surface area contributed by atoms with E-state index in [1.54, 1.807) is 0 Å². The highest BCUT2D eigenvalue weighted by atomic mass is 19.1. The number of nitrogens with zero attached hydrogens (tertiary/aromatic N) is 2. The molecule has 0 amide bonds. The van der Waals surface area contributed by atoms with Gasteiger partial charge < -0.3 is 9.64 Å². The van der Waals surface area contributed by atoms with Crippen LogP contribution in [0.25, 0.3) is 0 Å². The van der Waals surface area contributed by atoms with Crippen molar-refractivity contribution in [2.75, 3.05) is 24.6 Å². The Morgan fingerprint density at radius 2 is 1.92 bits per heavy atom. The minimum absolute atomic E-state index is 0.120. The lowest BCUT2D eigenvalue weighted by molar-refractivity contribution is -0.385. The average molecular weight is 356 g/mol. The summed E-state index contributed by atoms with van der Waals surface area (Å²) in [5, 5.41) is 10.6. The molecule has 1 aliphatic rings. The highest BCUT2D eigenvalue weighted by molar-refractivity contribution is 5.69. The third kappa shape index (κ3) is 5.11. The van der Waals surface area contributed by atoms with Gasteiger partial charge in [0.05, 0.1) is 23.7 Å². The number of non-ortho nitro benzene ring substituents is 1. The predicted octanol–water partition coefficient (Wildman–Crippen LogP) is 3.82. The van der Waals surface area contributed by atoms with Gasteiger partial charge in [0.1, 0.15) is 5.69 Å². The molecule has 0 unspecified atom stereocenters. The zero-order valence-corrected chi connectivity index (χ0v) is 14.2. The molecule has 1 fully saturated rings. The molecule has 25 heavy (non-hydrogen) atoms. The number of anilines is 1. The van der Waals surface area contributed by atoms with E-state index in [1.165, 1.54) is 4.90 Å². The molecule has 0 aromatic heterocycles. The van der Waals surface area contributed by atoms with Crippen LogP contribution in [0.5, 0.6) is 0 Å². The van der Waals surface area contributed by atoms with Crippen molar-refractivity contribution >= 4 is 17.3 Å². The first-order chi connectivity index (χ1) is 11.9. The Kier molecular flexibility index (Phi) is 6.66. The number of carbonyl (C=O) groups excluding carboxylic acids is 1. The van der Waals surface area contributed by atoms with E-state index >= 15 is 0 Å². The minimum Gasteiger partial charge on any atom is -0.466 e. The third-order valence-electron chi connectivity index (χ3n) is 4.36. The van der Waals surface area contributed by atoms with Crippen LogP contribution in [0.4, 0.5) is 20.2 Å². The van der Waals surface area contributed by atoms with E-state index in [1.807, 2.05) is 6.92 Å². The predicted molar refractivity (Wildman–Crippen MR) is 88.4 cm³/mol. The summed E-state index contributed by atoms with van der Waals surface area (Å²) in [6, 6.07) is 1.46. The van der Waals surface area contributed by atoms with E-state index in [-0.39, 0.29) is 17.6 Å². The fraction of sp³-hybridized carbons (Fsp3) is 0.588. The van der Waals surface area contributed by atoms with Gasteiger partial charge in [-0.25, -0.2) is 8.78 Å². The molecule has 1 saturated heterocycles. The summed E-state index contributed by atoms with van der Waals surface area (Å²) >= 11 is 0. The number of hydrogen-bond acceptors (Lipinski definition) is 5. The number of nitro groups is 1. The smallest absolute Gasteiger partial charge is 0.306 e. The normalized spacial score (nSPS) is 15.2. The molecular weight excluding hydrogens is 334 g/mol. The van der Waals surface area contributed by atoms with Gasteiger partial charge in [-0.2, -0.15) is 0 Å². The van der Waals surface area contributed by atoms with Crippen LogP contribution in [-0.2, 0) is 9.53 Å². The van der Waals surface area contributed by atoms with Crippen molar-refractivity contribution in [3.8, 4) is 0 Å². The van der Waals surface area contributed by atoms with Crippen molar-refractivity contribution in [1.82, 2.24) is 0 Å². The summed E-state index contributed by atoms with van der Waals surface area (Å²) in [4.78, 5) is 23.1. The van der Waals surface area contributed by atoms with Gasteiger partial charge in [-0.15, -0.1) is 0 Å². The van der Waals surface area contributed by atoms with E-state index in [2.05, 4.69) is 0 Å². The maximum absolute atomic E-state index is 14.1. The van der Waals surface area contributed by atoms with Crippen LogP contribution in [0.3, 0.4) is 0 Å². The van der Waals surface area contributed by atoms with Crippen molar-refractivity contribution < 1.29 is 23.2 Å². The number of halogens is 2. The summed E-state index contributed by atoms with van der Waals surface area (Å²) in [6.45, 7) is 3.21. The fourth-order valence-electron chi connectivity index (χ4n) is 2.95. The molecule has 2 rings (SSSR count). The first-order valence-corrected chi connectivity index (χ1v) is 8.46. The van der Waals surface area contributed by atoms with Crippen molar-refractivity contribution in [3.05, 3.63) is 33.9 Å². The lowest BCUT2D eigenvalue weighted by atomic mass is 9.93. The standard InChI is InChI=1S/C17H22F2N2O4/c1-2-3-8-25-16(22)9-12-4-6-20(7-5-12)17-14(18)10-13(21(23)24)11-15(17)19/h10-12H,2-9H2,1H3. The number of rotatable bonds is 7. The molecular formula is C17H22F2N2O4. The van der Waals surface area contributed by atoms with Crippen LogP contribution < -0.4 is 4.90 Å². The molecule has 0 bridgehead atoms. The molecule has 8 heteroatoms. The van der Waals surface area contributed by atoms with E-state index < -0.39 is 22.2 Å². The number of piperidine rings is 1. The van der Waals surface area contributed by atoms with Crippen LogP contribution in [-0.4, -0.2) is 30.6 Å². The second kappa shape index (κ2) is 8.73. The van der Waals surface area contributed by atoms with Gasteiger partial charge in [0, 0.05) is 19.5 Å². The molecule has 0 aliphatic carbocycles. The quantitative estimate of drug-likeness (QED) is 0.321. The largest absolute Gasteiger partial charge is 0.466 e. The minimum atomic E-state index is -0.941. The molecule has 1 aromatic carbocycles. The zero-order valence-electron chi connectivity index (χ0n) is 14.2. The summed E-state index contributed by atoms with van der Waals surface area (Å²) in [7, 11) is 0. The van der Waals surface area contributed by atoms with Crippen LogP contribution in [0, 0.1) is 27.7 Å². The molecule has 0 radical (unpaired) electrons. The molecule has 1 aliphatic heterocycles. The Morgan fingerprint density at radius 1 is 1.32 bits per heavy atom. The Bertz CT molecular complexity index is 608. The number of ether oxygens (including phenoxy) is 1.